The van der Waals surface area contributed by atoms with E-state index in [0.29, 0.717) is 5.56 Å². The first-order valence-corrected chi connectivity index (χ1v) is 5.93. The number of hydrogen-bond acceptors (Lipinski definition) is 3. The minimum absolute atomic E-state index is 0.000237. The number of ether oxygens (including phenoxy) is 1. The Morgan fingerprint density at radius 2 is 1.86 bits per heavy atom. The van der Waals surface area contributed by atoms with Gasteiger partial charge in [0.1, 0.15) is 23.5 Å². The van der Waals surface area contributed by atoms with Gasteiger partial charge < -0.3 is 4.74 Å². The van der Waals surface area contributed by atoms with Crippen molar-refractivity contribution in [2.45, 2.75) is 0 Å². The van der Waals surface area contributed by atoms with Crippen LogP contribution in [-0.4, -0.2) is 5.97 Å². The Labute approximate surface area is 119 Å². The van der Waals surface area contributed by atoms with Crippen molar-refractivity contribution >= 4 is 12.0 Å². The van der Waals surface area contributed by atoms with Gasteiger partial charge in [0, 0.05) is 12.1 Å². The molecule has 0 aliphatic carbocycles. The Bertz CT molecular complexity index is 731. The zero-order chi connectivity index (χ0) is 15.2. The van der Waals surface area contributed by atoms with E-state index in [4.69, 9.17) is 10.00 Å². The van der Waals surface area contributed by atoms with Crippen molar-refractivity contribution in [1.82, 2.24) is 0 Å². The van der Waals surface area contributed by atoms with Crippen molar-refractivity contribution in [3.05, 3.63) is 71.3 Å². The van der Waals surface area contributed by atoms with Gasteiger partial charge in [-0.1, -0.05) is 12.1 Å². The first kappa shape index (κ1) is 14.4. The van der Waals surface area contributed by atoms with Crippen molar-refractivity contribution in [1.29, 1.82) is 5.26 Å². The van der Waals surface area contributed by atoms with Gasteiger partial charge in [-0.25, -0.2) is 13.6 Å². The number of carbonyl (C=O) groups excluding carboxylic acids is 1. The third-order valence-corrected chi connectivity index (χ3v) is 2.56. The lowest BCUT2D eigenvalue weighted by Crippen LogP contribution is -2.04. The van der Waals surface area contributed by atoms with Crippen LogP contribution in [0.5, 0.6) is 5.75 Å². The van der Waals surface area contributed by atoms with E-state index in [1.807, 2.05) is 0 Å². The molecule has 21 heavy (non-hydrogen) atoms. The summed E-state index contributed by atoms with van der Waals surface area (Å²) in [6, 6.07) is 10.7. The summed E-state index contributed by atoms with van der Waals surface area (Å²) >= 11 is 0. The fourth-order valence-electron chi connectivity index (χ4n) is 1.54. The van der Waals surface area contributed by atoms with Crippen molar-refractivity contribution in [3.63, 3.8) is 0 Å². The van der Waals surface area contributed by atoms with E-state index in [-0.39, 0.29) is 17.1 Å². The standard InChI is InChI=1S/C16H9F2NO2/c17-13-5-1-11(2-6-13)3-8-16(20)21-14-7-4-12(10-19)15(18)9-14/h1-9H/b8-3+. The summed E-state index contributed by atoms with van der Waals surface area (Å²) in [5.41, 5.74) is 0.496. The Hall–Kier alpha value is -3.00. The minimum Gasteiger partial charge on any atom is -0.423 e. The van der Waals surface area contributed by atoms with E-state index in [9.17, 15) is 13.6 Å². The van der Waals surface area contributed by atoms with Crippen LogP contribution < -0.4 is 4.74 Å². The van der Waals surface area contributed by atoms with Gasteiger partial charge in [-0.15, -0.1) is 0 Å². The zero-order valence-electron chi connectivity index (χ0n) is 10.7. The molecule has 2 rings (SSSR count). The lowest BCUT2D eigenvalue weighted by atomic mass is 10.2. The monoisotopic (exact) mass is 285 g/mol. The van der Waals surface area contributed by atoms with E-state index in [2.05, 4.69) is 0 Å². The largest absolute Gasteiger partial charge is 0.423 e. The number of nitriles is 1. The predicted molar refractivity (Wildman–Crippen MR) is 72.2 cm³/mol. The lowest BCUT2D eigenvalue weighted by Gasteiger charge is -2.01. The van der Waals surface area contributed by atoms with Crippen LogP contribution in [0.3, 0.4) is 0 Å². The summed E-state index contributed by atoms with van der Waals surface area (Å²) in [7, 11) is 0. The van der Waals surface area contributed by atoms with Gasteiger partial charge in [-0.05, 0) is 35.9 Å². The van der Waals surface area contributed by atoms with Crippen LogP contribution in [0.1, 0.15) is 11.1 Å². The maximum absolute atomic E-state index is 13.3. The normalized spacial score (nSPS) is 10.3. The number of rotatable bonds is 3. The zero-order valence-corrected chi connectivity index (χ0v) is 10.7. The van der Waals surface area contributed by atoms with Gasteiger partial charge >= 0.3 is 5.97 Å². The van der Waals surface area contributed by atoms with Gasteiger partial charge in [0.2, 0.25) is 0 Å². The number of benzene rings is 2. The summed E-state index contributed by atoms with van der Waals surface area (Å²) in [5, 5.41) is 8.59. The average molecular weight is 285 g/mol. The highest BCUT2D eigenvalue weighted by Crippen LogP contribution is 2.16. The molecule has 0 heterocycles. The first-order chi connectivity index (χ1) is 10.1. The van der Waals surface area contributed by atoms with Crippen LogP contribution >= 0.6 is 0 Å². The maximum Gasteiger partial charge on any atom is 0.336 e. The van der Waals surface area contributed by atoms with Crippen molar-refractivity contribution < 1.29 is 18.3 Å². The Balaban J connectivity index is 2.03. The molecule has 2 aromatic rings. The summed E-state index contributed by atoms with van der Waals surface area (Å²) in [4.78, 5) is 11.5. The number of halogens is 2. The number of nitrogens with zero attached hydrogens (tertiary/aromatic N) is 1. The van der Waals surface area contributed by atoms with E-state index >= 15 is 0 Å². The second-order valence-electron chi connectivity index (χ2n) is 4.06. The molecule has 2 aromatic carbocycles. The third-order valence-electron chi connectivity index (χ3n) is 2.56. The molecule has 3 nitrogen and oxygen atoms in total. The van der Waals surface area contributed by atoms with E-state index in [1.54, 1.807) is 6.07 Å². The SMILES string of the molecule is N#Cc1ccc(OC(=O)/C=C/c2ccc(F)cc2)cc1F. The van der Waals surface area contributed by atoms with Gasteiger partial charge in [0.25, 0.3) is 0 Å². The number of hydrogen-bond donors (Lipinski definition) is 0. The summed E-state index contributed by atoms with van der Waals surface area (Å²) < 4.78 is 30.9. The van der Waals surface area contributed by atoms with Gasteiger partial charge in [0.05, 0.1) is 5.56 Å². The molecule has 0 aliphatic rings. The molecule has 5 heteroatoms. The summed E-state index contributed by atoms with van der Waals surface area (Å²) in [6.45, 7) is 0. The van der Waals surface area contributed by atoms with Crippen molar-refractivity contribution in [3.8, 4) is 11.8 Å². The summed E-state index contributed by atoms with van der Waals surface area (Å²) in [5.74, 6) is -1.84. The third kappa shape index (κ3) is 3.98. The van der Waals surface area contributed by atoms with Gasteiger partial charge in [-0.3, -0.25) is 0 Å². The molecule has 0 spiro atoms. The van der Waals surface area contributed by atoms with Gasteiger partial charge in [0.15, 0.2) is 0 Å². The quantitative estimate of drug-likeness (QED) is 0.493. The van der Waals surface area contributed by atoms with Crippen LogP contribution in [0.4, 0.5) is 8.78 Å². The first-order valence-electron chi connectivity index (χ1n) is 5.93. The van der Waals surface area contributed by atoms with E-state index in [0.717, 1.165) is 12.1 Å². The topological polar surface area (TPSA) is 50.1 Å². The highest BCUT2D eigenvalue weighted by Gasteiger charge is 2.06. The number of esters is 1. The molecule has 0 unspecified atom stereocenters. The molecule has 0 bridgehead atoms. The highest BCUT2D eigenvalue weighted by molar-refractivity contribution is 5.88. The average Bonchev–Trinajstić information content (AvgIpc) is 2.47. The van der Waals surface area contributed by atoms with Crippen LogP contribution in [0.2, 0.25) is 0 Å². The fraction of sp³-hybridized carbons (Fsp3) is 0. The van der Waals surface area contributed by atoms with Crippen molar-refractivity contribution in [2.24, 2.45) is 0 Å². The van der Waals surface area contributed by atoms with Crippen LogP contribution in [0.25, 0.3) is 6.08 Å². The lowest BCUT2D eigenvalue weighted by molar-refractivity contribution is -0.128. The molecule has 104 valence electrons. The minimum atomic E-state index is -0.759. The molecule has 0 atom stereocenters. The van der Waals surface area contributed by atoms with E-state index < -0.39 is 11.8 Å². The molecule has 0 radical (unpaired) electrons. The molecule has 0 fully saturated rings. The predicted octanol–water partition coefficient (Wildman–Crippen LogP) is 3.46. The molecular weight excluding hydrogens is 276 g/mol. The summed E-state index contributed by atoms with van der Waals surface area (Å²) in [6.07, 6.45) is 2.59. The van der Waals surface area contributed by atoms with Crippen LogP contribution in [0.15, 0.2) is 48.5 Å². The molecule has 0 saturated heterocycles. The van der Waals surface area contributed by atoms with E-state index in [1.165, 1.54) is 42.5 Å². The molecule has 0 aromatic heterocycles. The second kappa shape index (κ2) is 6.44. The highest BCUT2D eigenvalue weighted by atomic mass is 19.1. The molecule has 0 aliphatic heterocycles. The molecule has 0 N–H and O–H groups in total. The fourth-order valence-corrected chi connectivity index (χ4v) is 1.54. The molecule has 0 saturated carbocycles. The molecule has 0 amide bonds. The Morgan fingerprint density at radius 3 is 2.48 bits per heavy atom. The van der Waals surface area contributed by atoms with Crippen molar-refractivity contribution in [2.75, 3.05) is 0 Å². The van der Waals surface area contributed by atoms with Crippen LogP contribution in [0, 0.1) is 23.0 Å². The number of carbonyl (C=O) groups is 1. The smallest absolute Gasteiger partial charge is 0.336 e. The maximum atomic E-state index is 13.3. The Kier molecular flexibility index (Phi) is 4.42. The molecular formula is C16H9F2NO2. The Morgan fingerprint density at radius 1 is 1.14 bits per heavy atom. The second-order valence-corrected chi connectivity index (χ2v) is 4.06. The van der Waals surface area contributed by atoms with Gasteiger partial charge in [-0.2, -0.15) is 5.26 Å². The van der Waals surface area contributed by atoms with Crippen LogP contribution in [-0.2, 0) is 4.79 Å².